The van der Waals surface area contributed by atoms with Crippen molar-refractivity contribution in [3.05, 3.63) is 29.8 Å². The lowest BCUT2D eigenvalue weighted by Gasteiger charge is -2.39. The molecule has 0 bridgehead atoms. The van der Waals surface area contributed by atoms with Crippen LogP contribution in [0.4, 0.5) is 5.69 Å². The first-order valence-electron chi connectivity index (χ1n) is 6.89. The summed E-state index contributed by atoms with van der Waals surface area (Å²) in [6.45, 7) is 9.12. The summed E-state index contributed by atoms with van der Waals surface area (Å²) in [7, 11) is 0. The van der Waals surface area contributed by atoms with Gasteiger partial charge in [0.25, 0.3) is 0 Å². The number of piperazine rings is 1. The second kappa shape index (κ2) is 6.44. The molecule has 0 amide bonds. The van der Waals surface area contributed by atoms with E-state index in [1.54, 1.807) is 0 Å². The van der Waals surface area contributed by atoms with E-state index in [1.165, 1.54) is 17.7 Å². The smallest absolute Gasteiger partial charge is 0.0494 e. The Bertz CT molecular complexity index is 373. The molecule has 1 heterocycles. The van der Waals surface area contributed by atoms with Crippen LogP contribution in [-0.2, 0) is 5.88 Å². The lowest BCUT2D eigenvalue weighted by atomic mass is 10.1. The molecule has 3 heteroatoms. The third-order valence-corrected chi connectivity index (χ3v) is 4.29. The molecule has 0 saturated carbocycles. The molecule has 1 unspecified atom stereocenters. The van der Waals surface area contributed by atoms with Crippen molar-refractivity contribution in [3.63, 3.8) is 0 Å². The maximum Gasteiger partial charge on any atom is 0.0494 e. The first-order valence-corrected chi connectivity index (χ1v) is 7.42. The van der Waals surface area contributed by atoms with E-state index >= 15 is 0 Å². The molecule has 0 aromatic heterocycles. The number of nitrogens with zero attached hydrogens (tertiary/aromatic N) is 2. The van der Waals surface area contributed by atoms with Crippen LogP contribution in [0.5, 0.6) is 0 Å². The number of rotatable bonds is 4. The maximum absolute atomic E-state index is 6.02. The Morgan fingerprint density at radius 3 is 2.44 bits per heavy atom. The highest BCUT2D eigenvalue weighted by atomic mass is 35.5. The van der Waals surface area contributed by atoms with Gasteiger partial charge in [-0.1, -0.05) is 25.1 Å². The van der Waals surface area contributed by atoms with E-state index < -0.39 is 0 Å². The third-order valence-electron chi connectivity index (χ3n) is 4.00. The zero-order chi connectivity index (χ0) is 13.0. The van der Waals surface area contributed by atoms with E-state index in [2.05, 4.69) is 47.9 Å². The standard InChI is InChI=1S/C15H23ClN2/c1-3-13(2)17-8-10-18(11-9-17)15-7-5-4-6-14(15)12-16/h4-7,13H,3,8-12H2,1-2H3. The Morgan fingerprint density at radius 2 is 1.83 bits per heavy atom. The van der Waals surface area contributed by atoms with Crippen molar-refractivity contribution in [2.45, 2.75) is 32.2 Å². The van der Waals surface area contributed by atoms with E-state index in [4.69, 9.17) is 11.6 Å². The fourth-order valence-electron chi connectivity index (χ4n) is 2.59. The minimum absolute atomic E-state index is 0.599. The highest BCUT2D eigenvalue weighted by Gasteiger charge is 2.21. The first kappa shape index (κ1) is 13.7. The topological polar surface area (TPSA) is 6.48 Å². The van der Waals surface area contributed by atoms with Crippen molar-refractivity contribution in [2.24, 2.45) is 0 Å². The van der Waals surface area contributed by atoms with E-state index in [-0.39, 0.29) is 0 Å². The summed E-state index contributed by atoms with van der Waals surface area (Å²) in [6.07, 6.45) is 1.23. The molecule has 1 aliphatic rings. The Kier molecular flexibility index (Phi) is 4.90. The molecule has 1 aromatic carbocycles. The van der Waals surface area contributed by atoms with Crippen molar-refractivity contribution in [1.82, 2.24) is 4.90 Å². The van der Waals surface area contributed by atoms with Crippen molar-refractivity contribution < 1.29 is 0 Å². The normalized spacial score (nSPS) is 18.9. The van der Waals surface area contributed by atoms with Crippen LogP contribution >= 0.6 is 11.6 Å². The van der Waals surface area contributed by atoms with Gasteiger partial charge < -0.3 is 4.90 Å². The number of alkyl halides is 1. The van der Waals surface area contributed by atoms with Crippen molar-refractivity contribution in [1.29, 1.82) is 0 Å². The molecule has 0 aliphatic carbocycles. The molecule has 1 saturated heterocycles. The van der Waals surface area contributed by atoms with Crippen molar-refractivity contribution >= 4 is 17.3 Å². The quantitative estimate of drug-likeness (QED) is 0.772. The molecule has 2 nitrogen and oxygen atoms in total. The summed E-state index contributed by atoms with van der Waals surface area (Å²) in [5.74, 6) is 0.599. The average molecular weight is 267 g/mol. The van der Waals surface area contributed by atoms with Gasteiger partial charge in [0.15, 0.2) is 0 Å². The Labute approximate surface area is 116 Å². The molecular weight excluding hydrogens is 244 g/mol. The number of anilines is 1. The van der Waals surface area contributed by atoms with Gasteiger partial charge in [0.1, 0.15) is 0 Å². The molecule has 0 spiro atoms. The summed E-state index contributed by atoms with van der Waals surface area (Å²) in [5.41, 5.74) is 2.56. The fourth-order valence-corrected chi connectivity index (χ4v) is 2.82. The second-order valence-electron chi connectivity index (χ2n) is 5.04. The van der Waals surface area contributed by atoms with Crippen LogP contribution in [-0.4, -0.2) is 37.1 Å². The summed E-state index contributed by atoms with van der Waals surface area (Å²) in [6, 6.07) is 9.19. The molecule has 18 heavy (non-hydrogen) atoms. The predicted molar refractivity (Wildman–Crippen MR) is 79.5 cm³/mol. The predicted octanol–water partition coefficient (Wildman–Crippen LogP) is 3.35. The zero-order valence-electron chi connectivity index (χ0n) is 11.4. The number of hydrogen-bond donors (Lipinski definition) is 0. The molecule has 1 aromatic rings. The van der Waals surface area contributed by atoms with Crippen LogP contribution in [0.25, 0.3) is 0 Å². The van der Waals surface area contributed by atoms with Crippen LogP contribution in [0.1, 0.15) is 25.8 Å². The largest absolute Gasteiger partial charge is 0.369 e. The van der Waals surface area contributed by atoms with E-state index in [1.807, 2.05) is 0 Å². The summed E-state index contributed by atoms with van der Waals surface area (Å²) in [4.78, 5) is 5.05. The van der Waals surface area contributed by atoms with E-state index in [0.29, 0.717) is 11.9 Å². The summed E-state index contributed by atoms with van der Waals surface area (Å²) in [5, 5.41) is 0. The van der Waals surface area contributed by atoms with Gasteiger partial charge >= 0.3 is 0 Å². The zero-order valence-corrected chi connectivity index (χ0v) is 12.2. The van der Waals surface area contributed by atoms with Gasteiger partial charge in [-0.2, -0.15) is 0 Å². The molecule has 100 valence electrons. The average Bonchev–Trinajstić information content (AvgIpc) is 2.46. The van der Waals surface area contributed by atoms with Gasteiger partial charge in [-0.25, -0.2) is 0 Å². The fraction of sp³-hybridized carbons (Fsp3) is 0.600. The van der Waals surface area contributed by atoms with Gasteiger partial charge in [0.05, 0.1) is 0 Å². The number of benzene rings is 1. The van der Waals surface area contributed by atoms with Crippen LogP contribution in [0.2, 0.25) is 0 Å². The minimum Gasteiger partial charge on any atom is -0.369 e. The molecule has 1 fully saturated rings. The van der Waals surface area contributed by atoms with Crippen molar-refractivity contribution in [3.8, 4) is 0 Å². The molecule has 1 aliphatic heterocycles. The Hall–Kier alpha value is -0.730. The van der Waals surface area contributed by atoms with Crippen molar-refractivity contribution in [2.75, 3.05) is 31.1 Å². The Morgan fingerprint density at radius 1 is 1.17 bits per heavy atom. The van der Waals surface area contributed by atoms with Crippen LogP contribution in [0.15, 0.2) is 24.3 Å². The molecule has 2 rings (SSSR count). The summed E-state index contributed by atoms with van der Waals surface area (Å²) >= 11 is 6.02. The Balaban J connectivity index is 2.01. The molecule has 0 N–H and O–H groups in total. The number of hydrogen-bond acceptors (Lipinski definition) is 2. The highest BCUT2D eigenvalue weighted by Crippen LogP contribution is 2.23. The molecule has 0 radical (unpaired) electrons. The second-order valence-corrected chi connectivity index (χ2v) is 5.31. The maximum atomic E-state index is 6.02. The van der Waals surface area contributed by atoms with E-state index in [9.17, 15) is 0 Å². The van der Waals surface area contributed by atoms with Gasteiger partial charge in [-0.05, 0) is 25.0 Å². The SMILES string of the molecule is CCC(C)N1CCN(c2ccccc2CCl)CC1. The van der Waals surface area contributed by atoms with Gasteiger partial charge in [-0.15, -0.1) is 11.6 Å². The van der Waals surface area contributed by atoms with Crippen LogP contribution in [0.3, 0.4) is 0 Å². The van der Waals surface area contributed by atoms with Crippen LogP contribution < -0.4 is 4.90 Å². The van der Waals surface area contributed by atoms with Crippen LogP contribution in [0, 0.1) is 0 Å². The number of para-hydroxylation sites is 1. The number of halogens is 1. The summed E-state index contributed by atoms with van der Waals surface area (Å²) < 4.78 is 0. The van der Waals surface area contributed by atoms with E-state index in [0.717, 1.165) is 26.2 Å². The third kappa shape index (κ3) is 2.99. The lowest BCUT2D eigenvalue weighted by Crippen LogP contribution is -2.49. The van der Waals surface area contributed by atoms with Gasteiger partial charge in [-0.3, -0.25) is 4.90 Å². The highest BCUT2D eigenvalue weighted by molar-refractivity contribution is 6.17. The molecule has 1 atom stereocenters. The molecular formula is C15H23ClN2. The first-order chi connectivity index (χ1) is 8.76. The van der Waals surface area contributed by atoms with Gasteiger partial charge in [0, 0.05) is 43.8 Å². The monoisotopic (exact) mass is 266 g/mol. The lowest BCUT2D eigenvalue weighted by molar-refractivity contribution is 0.193. The minimum atomic E-state index is 0.599. The van der Waals surface area contributed by atoms with Gasteiger partial charge in [0.2, 0.25) is 0 Å².